The molecule has 1 fully saturated rings. The van der Waals surface area contributed by atoms with Crippen LogP contribution in [-0.4, -0.2) is 87.9 Å². The monoisotopic (exact) mass is 437 g/mol. The predicted octanol–water partition coefficient (Wildman–Crippen LogP) is 1.33. The molecule has 170 valence electrons. The Labute approximate surface area is 188 Å². The van der Waals surface area contributed by atoms with Gasteiger partial charge < -0.3 is 14.8 Å². The molecule has 3 aromatic rings. The number of nitrogens with zero attached hydrogens (tertiary/aromatic N) is 6. The van der Waals surface area contributed by atoms with Crippen LogP contribution >= 0.6 is 0 Å². The van der Waals surface area contributed by atoms with Gasteiger partial charge in [-0.15, -0.1) is 5.10 Å². The number of nitrogens with one attached hydrogen (secondary N) is 1. The Morgan fingerprint density at radius 3 is 2.59 bits per heavy atom. The maximum absolute atomic E-state index is 9.23. The highest BCUT2D eigenvalue weighted by atomic mass is 16.4. The van der Waals surface area contributed by atoms with E-state index in [2.05, 4.69) is 54.5 Å². The first-order valence-electron chi connectivity index (χ1n) is 11.4. The fourth-order valence-corrected chi connectivity index (χ4v) is 4.80. The molecule has 2 N–H and O–H groups in total. The van der Waals surface area contributed by atoms with Gasteiger partial charge in [-0.3, -0.25) is 19.7 Å². The lowest BCUT2D eigenvalue weighted by Crippen LogP contribution is -2.46. The van der Waals surface area contributed by atoms with Crippen LogP contribution in [0.5, 0.6) is 0 Å². The van der Waals surface area contributed by atoms with E-state index in [1.165, 1.54) is 22.2 Å². The Balaban J connectivity index is 1.39. The summed E-state index contributed by atoms with van der Waals surface area (Å²) < 4.78 is 5.65. The van der Waals surface area contributed by atoms with Crippen molar-refractivity contribution in [3.63, 3.8) is 0 Å². The van der Waals surface area contributed by atoms with Crippen LogP contribution in [-0.2, 0) is 26.1 Å². The topological polar surface area (TPSA) is 93.8 Å². The first kappa shape index (κ1) is 21.3. The van der Waals surface area contributed by atoms with Crippen LogP contribution < -0.4 is 5.32 Å². The molecule has 5 rings (SSSR count). The summed E-state index contributed by atoms with van der Waals surface area (Å²) in [6, 6.07) is 8.96. The molecule has 0 atom stereocenters. The molecular formula is C23H31N7O2. The quantitative estimate of drug-likeness (QED) is 0.568. The van der Waals surface area contributed by atoms with Gasteiger partial charge in [-0.1, -0.05) is 23.3 Å². The number of hydrogen-bond acceptors (Lipinski definition) is 9. The summed E-state index contributed by atoms with van der Waals surface area (Å²) >= 11 is 0. The number of β-amino-alcohol motifs (C(OH)–C–C–N with tert-alkyl or cyclic N) is 1. The standard InChI is InChI=1S/C23H31N7O2/c1-24-23-27-26-22(32-23)16-30-7-6-21-19(15-30)18(17-4-2-3-5-20(17)25-21)14-29-10-8-28(9-11-29)12-13-31/h2-5,31H,6-16H2,1H3,(H,24,27). The molecule has 4 heterocycles. The lowest BCUT2D eigenvalue weighted by atomic mass is 9.95. The number of aliphatic hydroxyl groups is 1. The Morgan fingerprint density at radius 1 is 1.00 bits per heavy atom. The van der Waals surface area contributed by atoms with E-state index in [1.54, 1.807) is 7.05 Å². The minimum atomic E-state index is 0.230. The molecule has 0 aliphatic carbocycles. The summed E-state index contributed by atoms with van der Waals surface area (Å²) in [4.78, 5) is 12.3. The fraction of sp³-hybridized carbons (Fsp3) is 0.522. The number of pyridine rings is 1. The van der Waals surface area contributed by atoms with Gasteiger partial charge in [-0.05, 0) is 17.2 Å². The third-order valence-corrected chi connectivity index (χ3v) is 6.55. The van der Waals surface area contributed by atoms with Gasteiger partial charge in [0.05, 0.1) is 18.7 Å². The van der Waals surface area contributed by atoms with Gasteiger partial charge in [0.1, 0.15) is 0 Å². The molecular weight excluding hydrogens is 406 g/mol. The predicted molar refractivity (Wildman–Crippen MR) is 122 cm³/mol. The average Bonchev–Trinajstić information content (AvgIpc) is 3.28. The average molecular weight is 438 g/mol. The molecule has 9 nitrogen and oxygen atoms in total. The molecule has 0 bridgehead atoms. The van der Waals surface area contributed by atoms with Crippen LogP contribution in [0.1, 0.15) is 22.7 Å². The first-order chi connectivity index (χ1) is 15.7. The van der Waals surface area contributed by atoms with Crippen LogP contribution in [0.25, 0.3) is 10.9 Å². The highest BCUT2D eigenvalue weighted by Crippen LogP contribution is 2.30. The van der Waals surface area contributed by atoms with Crippen molar-refractivity contribution in [3.05, 3.63) is 47.0 Å². The maximum Gasteiger partial charge on any atom is 0.315 e. The SMILES string of the molecule is CNc1nnc(CN2CCc3nc4ccccc4c(CN4CCN(CCO)CC4)c3C2)o1. The third kappa shape index (κ3) is 4.47. The molecule has 2 aliphatic heterocycles. The number of fused-ring (bicyclic) bond motifs is 2. The highest BCUT2D eigenvalue weighted by molar-refractivity contribution is 5.83. The van der Waals surface area contributed by atoms with Crippen molar-refractivity contribution in [2.45, 2.75) is 26.1 Å². The van der Waals surface area contributed by atoms with E-state index < -0.39 is 0 Å². The zero-order valence-corrected chi connectivity index (χ0v) is 18.6. The zero-order valence-electron chi connectivity index (χ0n) is 18.6. The molecule has 2 aliphatic rings. The summed E-state index contributed by atoms with van der Waals surface area (Å²) in [6.07, 6.45) is 0.921. The van der Waals surface area contributed by atoms with Crippen molar-refractivity contribution in [1.29, 1.82) is 0 Å². The third-order valence-electron chi connectivity index (χ3n) is 6.55. The zero-order chi connectivity index (χ0) is 21.9. The van der Waals surface area contributed by atoms with Gasteiger partial charge in [-0.25, -0.2) is 0 Å². The van der Waals surface area contributed by atoms with E-state index in [4.69, 9.17) is 9.40 Å². The van der Waals surface area contributed by atoms with Gasteiger partial charge in [0.2, 0.25) is 5.89 Å². The number of rotatable bonds is 7. The van der Waals surface area contributed by atoms with E-state index in [0.29, 0.717) is 18.5 Å². The normalized spacial score (nSPS) is 18.2. The second kappa shape index (κ2) is 9.50. The summed E-state index contributed by atoms with van der Waals surface area (Å²) in [5.74, 6) is 0.633. The van der Waals surface area contributed by atoms with Gasteiger partial charge in [-0.2, -0.15) is 0 Å². The van der Waals surface area contributed by atoms with E-state index >= 15 is 0 Å². The van der Waals surface area contributed by atoms with E-state index in [0.717, 1.165) is 64.3 Å². The number of anilines is 1. The summed E-state index contributed by atoms with van der Waals surface area (Å²) in [7, 11) is 1.78. The fourth-order valence-electron chi connectivity index (χ4n) is 4.80. The van der Waals surface area contributed by atoms with Crippen molar-refractivity contribution in [3.8, 4) is 0 Å². The van der Waals surface area contributed by atoms with E-state index in [1.807, 2.05) is 0 Å². The van der Waals surface area contributed by atoms with Gasteiger partial charge in [0.25, 0.3) is 0 Å². The van der Waals surface area contributed by atoms with Crippen LogP contribution in [0.3, 0.4) is 0 Å². The smallest absolute Gasteiger partial charge is 0.315 e. The Bertz CT molecular complexity index is 1060. The van der Waals surface area contributed by atoms with E-state index in [-0.39, 0.29) is 6.61 Å². The van der Waals surface area contributed by atoms with Crippen LogP contribution in [0, 0.1) is 0 Å². The van der Waals surface area contributed by atoms with Gasteiger partial charge in [0, 0.05) is 76.9 Å². The molecule has 0 radical (unpaired) electrons. The summed E-state index contributed by atoms with van der Waals surface area (Å²) in [5, 5.41) is 21.5. The van der Waals surface area contributed by atoms with Crippen molar-refractivity contribution >= 4 is 16.9 Å². The highest BCUT2D eigenvalue weighted by Gasteiger charge is 2.26. The molecule has 9 heteroatoms. The molecule has 2 aromatic heterocycles. The van der Waals surface area contributed by atoms with Gasteiger partial charge in [0.15, 0.2) is 0 Å². The van der Waals surface area contributed by atoms with Gasteiger partial charge >= 0.3 is 6.01 Å². The number of aliphatic hydroxyl groups excluding tert-OH is 1. The molecule has 0 saturated carbocycles. The Kier molecular flexibility index (Phi) is 6.31. The van der Waals surface area contributed by atoms with Crippen LogP contribution in [0.2, 0.25) is 0 Å². The maximum atomic E-state index is 9.23. The van der Waals surface area contributed by atoms with Crippen LogP contribution in [0.15, 0.2) is 28.7 Å². The number of piperazine rings is 1. The van der Waals surface area contributed by atoms with E-state index in [9.17, 15) is 5.11 Å². The summed E-state index contributed by atoms with van der Waals surface area (Å²) in [6.45, 7) is 8.37. The lowest BCUT2D eigenvalue weighted by molar-refractivity contribution is 0.108. The largest absolute Gasteiger partial charge is 0.407 e. The molecule has 0 spiro atoms. The minimum Gasteiger partial charge on any atom is -0.407 e. The number of para-hydroxylation sites is 1. The van der Waals surface area contributed by atoms with Crippen molar-refractivity contribution in [2.75, 3.05) is 58.2 Å². The van der Waals surface area contributed by atoms with Crippen molar-refractivity contribution < 1.29 is 9.52 Å². The molecule has 0 unspecified atom stereocenters. The molecule has 1 saturated heterocycles. The number of aromatic nitrogens is 3. The lowest BCUT2D eigenvalue weighted by Gasteiger charge is -2.36. The molecule has 1 aromatic carbocycles. The molecule has 0 amide bonds. The second-order valence-electron chi connectivity index (χ2n) is 8.59. The van der Waals surface area contributed by atoms with Crippen molar-refractivity contribution in [1.82, 2.24) is 29.9 Å². The summed E-state index contributed by atoms with van der Waals surface area (Å²) in [5.41, 5.74) is 5.05. The second-order valence-corrected chi connectivity index (χ2v) is 8.59. The molecule has 32 heavy (non-hydrogen) atoms. The first-order valence-corrected chi connectivity index (χ1v) is 11.4. The number of hydrogen-bond donors (Lipinski definition) is 2. The Hall–Kier alpha value is -2.59. The minimum absolute atomic E-state index is 0.230. The van der Waals surface area contributed by atoms with Crippen molar-refractivity contribution in [2.24, 2.45) is 0 Å². The van der Waals surface area contributed by atoms with Crippen LogP contribution in [0.4, 0.5) is 6.01 Å². The Morgan fingerprint density at radius 2 is 1.81 bits per heavy atom. The number of benzene rings is 1.